The molecule has 0 bridgehead atoms. The fourth-order valence-electron chi connectivity index (χ4n) is 2.72. The molecule has 3 atom stereocenters. The molecule has 0 aliphatic heterocycles. The third-order valence-electron chi connectivity index (χ3n) is 3.72. The van der Waals surface area contributed by atoms with E-state index in [0.29, 0.717) is 0 Å². The van der Waals surface area contributed by atoms with Crippen molar-refractivity contribution in [1.29, 1.82) is 0 Å². The molecule has 1 aliphatic rings. The van der Waals surface area contributed by atoms with Gasteiger partial charge in [0, 0.05) is 18.4 Å². The molecular formula is C12H14N4O2. The molecule has 94 valence electrons. The summed E-state index contributed by atoms with van der Waals surface area (Å²) >= 11 is 0. The van der Waals surface area contributed by atoms with Gasteiger partial charge in [0.15, 0.2) is 5.65 Å². The van der Waals surface area contributed by atoms with Crippen molar-refractivity contribution in [1.82, 2.24) is 19.5 Å². The van der Waals surface area contributed by atoms with Gasteiger partial charge in [-0.2, -0.15) is 0 Å². The van der Waals surface area contributed by atoms with Crippen LogP contribution in [0.5, 0.6) is 0 Å². The first-order valence-electron chi connectivity index (χ1n) is 5.81. The van der Waals surface area contributed by atoms with E-state index in [-0.39, 0.29) is 31.1 Å². The zero-order valence-corrected chi connectivity index (χ0v) is 9.77. The first-order valence-corrected chi connectivity index (χ1v) is 5.81. The largest absolute Gasteiger partial charge is 0.396 e. The van der Waals surface area contributed by atoms with Gasteiger partial charge in [0.2, 0.25) is 0 Å². The average molecular weight is 246 g/mol. The van der Waals surface area contributed by atoms with Crippen LogP contribution in [-0.2, 0) is 0 Å². The highest BCUT2D eigenvalue weighted by Gasteiger charge is 2.45. The van der Waals surface area contributed by atoms with Crippen molar-refractivity contribution in [2.45, 2.75) is 6.04 Å². The van der Waals surface area contributed by atoms with E-state index in [2.05, 4.69) is 21.5 Å². The molecule has 1 saturated carbocycles. The summed E-state index contributed by atoms with van der Waals surface area (Å²) in [4.78, 5) is 12.4. The first-order chi connectivity index (χ1) is 8.77. The summed E-state index contributed by atoms with van der Waals surface area (Å²) in [5.41, 5.74) is 2.36. The zero-order chi connectivity index (χ0) is 12.7. The van der Waals surface area contributed by atoms with Gasteiger partial charge in [0.25, 0.3) is 0 Å². The molecule has 6 heteroatoms. The van der Waals surface area contributed by atoms with Crippen LogP contribution in [0.1, 0.15) is 6.04 Å². The van der Waals surface area contributed by atoms with E-state index in [9.17, 15) is 10.2 Å². The minimum atomic E-state index is -0.0490. The van der Waals surface area contributed by atoms with Gasteiger partial charge in [-0.15, -0.1) is 0 Å². The molecule has 2 aromatic heterocycles. The Hall–Kier alpha value is -1.79. The predicted octanol–water partition coefficient (Wildman–Crippen LogP) is 0.154. The maximum Gasteiger partial charge on any atom is 0.163 e. The van der Waals surface area contributed by atoms with Crippen molar-refractivity contribution in [3.05, 3.63) is 31.0 Å². The first kappa shape index (κ1) is 11.3. The fraction of sp³-hybridized carbons (Fsp3) is 0.417. The minimum Gasteiger partial charge on any atom is -0.396 e. The van der Waals surface area contributed by atoms with Gasteiger partial charge in [-0.25, -0.2) is 15.0 Å². The summed E-state index contributed by atoms with van der Waals surface area (Å²) in [6.45, 7) is 4.02. The Morgan fingerprint density at radius 2 is 2.11 bits per heavy atom. The Kier molecular flexibility index (Phi) is 2.61. The van der Waals surface area contributed by atoms with E-state index in [4.69, 9.17) is 0 Å². The van der Waals surface area contributed by atoms with E-state index in [1.54, 1.807) is 12.5 Å². The summed E-state index contributed by atoms with van der Waals surface area (Å²) in [6, 6.07) is -0.0490. The number of hydrogen-bond donors (Lipinski definition) is 2. The van der Waals surface area contributed by atoms with Crippen LogP contribution in [0.15, 0.2) is 31.0 Å². The molecular weight excluding hydrogens is 232 g/mol. The van der Waals surface area contributed by atoms with Gasteiger partial charge in [0.05, 0.1) is 25.2 Å². The lowest BCUT2D eigenvalue weighted by molar-refractivity contribution is 0.0536. The molecule has 2 heterocycles. The van der Waals surface area contributed by atoms with Gasteiger partial charge >= 0.3 is 0 Å². The van der Waals surface area contributed by atoms with Crippen molar-refractivity contribution in [2.75, 3.05) is 13.2 Å². The number of hydrogen-bond acceptors (Lipinski definition) is 5. The predicted molar refractivity (Wildman–Crippen MR) is 64.7 cm³/mol. The summed E-state index contributed by atoms with van der Waals surface area (Å²) < 4.78 is 1.90. The standard InChI is InChI=1S/C12H14N4O2/c1-7-8(3-17)9(4-18)11(7)16-6-15-10-2-13-5-14-12(10)16/h2,5-6,8-9,11,17-18H,1,3-4H2/t8-,9+,11+/m0/s1. The van der Waals surface area contributed by atoms with E-state index < -0.39 is 0 Å². The smallest absolute Gasteiger partial charge is 0.163 e. The molecule has 0 spiro atoms. The Balaban J connectivity index is 2.03. The molecule has 0 radical (unpaired) electrons. The van der Waals surface area contributed by atoms with Crippen molar-refractivity contribution in [2.24, 2.45) is 11.8 Å². The van der Waals surface area contributed by atoms with Crippen molar-refractivity contribution in [3.8, 4) is 0 Å². The second-order valence-electron chi connectivity index (χ2n) is 4.54. The number of fused-ring (bicyclic) bond motifs is 1. The molecule has 0 amide bonds. The van der Waals surface area contributed by atoms with Crippen molar-refractivity contribution < 1.29 is 10.2 Å². The molecule has 1 fully saturated rings. The minimum absolute atomic E-state index is 0.0136. The molecule has 2 aromatic rings. The molecule has 2 N–H and O–H groups in total. The maximum absolute atomic E-state index is 9.43. The van der Waals surface area contributed by atoms with E-state index >= 15 is 0 Å². The molecule has 3 rings (SSSR count). The van der Waals surface area contributed by atoms with Gasteiger partial charge < -0.3 is 14.8 Å². The molecule has 6 nitrogen and oxygen atoms in total. The fourth-order valence-corrected chi connectivity index (χ4v) is 2.72. The Morgan fingerprint density at radius 1 is 1.28 bits per heavy atom. The summed E-state index contributed by atoms with van der Waals surface area (Å²) in [5.74, 6) is -0.0749. The van der Waals surface area contributed by atoms with Crippen LogP contribution in [0.4, 0.5) is 0 Å². The molecule has 0 unspecified atom stereocenters. The Bertz CT molecular complexity index is 595. The normalized spacial score (nSPS) is 27.4. The van der Waals surface area contributed by atoms with Crippen LogP contribution in [0.3, 0.4) is 0 Å². The van der Waals surface area contributed by atoms with Crippen molar-refractivity contribution >= 4 is 11.2 Å². The van der Waals surface area contributed by atoms with Gasteiger partial charge in [-0.3, -0.25) is 0 Å². The van der Waals surface area contributed by atoms with Crippen LogP contribution >= 0.6 is 0 Å². The summed E-state index contributed by atoms with van der Waals surface area (Å²) in [7, 11) is 0. The topological polar surface area (TPSA) is 84.1 Å². The van der Waals surface area contributed by atoms with Crippen LogP contribution in [0, 0.1) is 11.8 Å². The quantitative estimate of drug-likeness (QED) is 0.753. The van der Waals surface area contributed by atoms with E-state index in [0.717, 1.165) is 16.7 Å². The van der Waals surface area contributed by atoms with Crippen LogP contribution in [0.25, 0.3) is 11.2 Å². The maximum atomic E-state index is 9.43. The number of aliphatic hydroxyl groups excluding tert-OH is 2. The van der Waals surface area contributed by atoms with Crippen molar-refractivity contribution in [3.63, 3.8) is 0 Å². The van der Waals surface area contributed by atoms with Gasteiger partial charge in [0.1, 0.15) is 11.8 Å². The number of aliphatic hydroxyl groups is 2. The monoisotopic (exact) mass is 246 g/mol. The highest BCUT2D eigenvalue weighted by atomic mass is 16.3. The Morgan fingerprint density at radius 3 is 2.83 bits per heavy atom. The number of rotatable bonds is 3. The van der Waals surface area contributed by atoms with Gasteiger partial charge in [-0.05, 0) is 5.57 Å². The second kappa shape index (κ2) is 4.15. The SMILES string of the molecule is C=C1[C@@H](n2cnc3cncnc32)[C@H](CO)[C@H]1CO. The number of aromatic nitrogens is 4. The third-order valence-corrected chi connectivity index (χ3v) is 3.72. The summed E-state index contributed by atoms with van der Waals surface area (Å²) in [5, 5.41) is 18.7. The Labute approximate surface area is 104 Å². The van der Waals surface area contributed by atoms with Crippen LogP contribution < -0.4 is 0 Å². The highest BCUT2D eigenvalue weighted by Crippen LogP contribution is 2.48. The lowest BCUT2D eigenvalue weighted by Gasteiger charge is -2.46. The number of imidazole rings is 1. The highest BCUT2D eigenvalue weighted by molar-refractivity contribution is 5.69. The number of nitrogens with zero attached hydrogens (tertiary/aromatic N) is 4. The second-order valence-corrected chi connectivity index (χ2v) is 4.54. The van der Waals surface area contributed by atoms with Crippen LogP contribution in [-0.4, -0.2) is 42.9 Å². The average Bonchev–Trinajstić information content (AvgIpc) is 2.80. The van der Waals surface area contributed by atoms with Crippen LogP contribution in [0.2, 0.25) is 0 Å². The summed E-state index contributed by atoms with van der Waals surface area (Å²) in [6.07, 6.45) is 4.81. The van der Waals surface area contributed by atoms with E-state index in [1.807, 2.05) is 4.57 Å². The molecule has 1 aliphatic carbocycles. The molecule has 0 aromatic carbocycles. The van der Waals surface area contributed by atoms with Gasteiger partial charge in [-0.1, -0.05) is 6.58 Å². The lowest BCUT2D eigenvalue weighted by atomic mass is 9.66. The van der Waals surface area contributed by atoms with E-state index in [1.165, 1.54) is 6.33 Å². The lowest BCUT2D eigenvalue weighted by Crippen LogP contribution is -2.44. The molecule has 0 saturated heterocycles. The third kappa shape index (κ3) is 1.39. The zero-order valence-electron chi connectivity index (χ0n) is 9.77. The molecule has 18 heavy (non-hydrogen) atoms.